The number of nitrogens with zero attached hydrogens (tertiary/aromatic N) is 1. The molecular weight excluding hydrogens is 394 g/mol. The molecule has 0 spiro atoms. The Morgan fingerprint density at radius 3 is 2.33 bits per heavy atom. The lowest BCUT2D eigenvalue weighted by Crippen LogP contribution is -2.32. The number of phenols is 5. The van der Waals surface area contributed by atoms with Crippen LogP contribution in [-0.4, -0.2) is 54.1 Å². The fourth-order valence-corrected chi connectivity index (χ4v) is 4.38. The van der Waals surface area contributed by atoms with E-state index in [2.05, 4.69) is 0 Å². The molecule has 2 aliphatic rings. The number of likely N-dealkylation sites (tertiary alicyclic amines) is 1. The Morgan fingerprint density at radius 1 is 1.03 bits per heavy atom. The number of aromatic hydroxyl groups is 5. The van der Waals surface area contributed by atoms with E-state index >= 15 is 0 Å². The van der Waals surface area contributed by atoms with Crippen LogP contribution in [0.1, 0.15) is 48.6 Å². The van der Waals surface area contributed by atoms with Gasteiger partial charge in [0.05, 0.1) is 17.7 Å². The van der Waals surface area contributed by atoms with Crippen LogP contribution in [0.25, 0.3) is 0 Å². The SMILES string of the molecule is CCN1C(=O)CC[C@H]1c1c(O)cc(O)c2c1O[C@H](c1cc(O)c(O)c(O)c1)[C@@H](O)C2. The second-order valence-electron chi connectivity index (χ2n) is 7.59. The van der Waals surface area contributed by atoms with E-state index in [0.717, 1.165) is 12.1 Å². The summed E-state index contributed by atoms with van der Waals surface area (Å²) >= 11 is 0. The summed E-state index contributed by atoms with van der Waals surface area (Å²) in [6, 6.07) is 3.05. The normalized spacial score (nSPS) is 23.3. The van der Waals surface area contributed by atoms with Crippen LogP contribution in [0.2, 0.25) is 0 Å². The molecule has 1 amide bonds. The van der Waals surface area contributed by atoms with Crippen LogP contribution in [0.15, 0.2) is 18.2 Å². The van der Waals surface area contributed by atoms with Gasteiger partial charge in [-0.05, 0) is 25.5 Å². The minimum Gasteiger partial charge on any atom is -0.507 e. The first-order valence-corrected chi connectivity index (χ1v) is 9.69. The van der Waals surface area contributed by atoms with Gasteiger partial charge in [0.2, 0.25) is 5.91 Å². The van der Waals surface area contributed by atoms with Crippen LogP contribution in [0.3, 0.4) is 0 Å². The number of benzene rings is 2. The van der Waals surface area contributed by atoms with Gasteiger partial charge in [0.1, 0.15) is 17.2 Å². The molecule has 160 valence electrons. The average molecular weight is 417 g/mol. The van der Waals surface area contributed by atoms with Gasteiger partial charge < -0.3 is 40.3 Å². The monoisotopic (exact) mass is 417 g/mol. The third-order valence-corrected chi connectivity index (χ3v) is 5.81. The smallest absolute Gasteiger partial charge is 0.223 e. The first-order valence-electron chi connectivity index (χ1n) is 9.69. The van der Waals surface area contributed by atoms with Crippen molar-refractivity contribution in [1.82, 2.24) is 4.90 Å². The number of ether oxygens (including phenoxy) is 1. The van der Waals surface area contributed by atoms with Crippen molar-refractivity contribution in [3.63, 3.8) is 0 Å². The van der Waals surface area contributed by atoms with Crippen molar-refractivity contribution in [3.8, 4) is 34.5 Å². The number of amides is 1. The van der Waals surface area contributed by atoms with Crippen molar-refractivity contribution in [2.75, 3.05) is 6.54 Å². The molecule has 3 atom stereocenters. The summed E-state index contributed by atoms with van der Waals surface area (Å²) in [6.45, 7) is 2.26. The number of hydrogen-bond acceptors (Lipinski definition) is 8. The molecule has 0 bridgehead atoms. The number of rotatable bonds is 3. The number of hydrogen-bond donors (Lipinski definition) is 6. The zero-order chi connectivity index (χ0) is 21.7. The van der Waals surface area contributed by atoms with E-state index < -0.39 is 35.5 Å². The Morgan fingerprint density at radius 2 is 1.70 bits per heavy atom. The van der Waals surface area contributed by atoms with Gasteiger partial charge in [-0.25, -0.2) is 0 Å². The van der Waals surface area contributed by atoms with Crippen molar-refractivity contribution in [1.29, 1.82) is 0 Å². The van der Waals surface area contributed by atoms with Gasteiger partial charge in [0.15, 0.2) is 23.4 Å². The number of aliphatic hydroxyl groups is 1. The fourth-order valence-electron chi connectivity index (χ4n) is 4.38. The quantitative estimate of drug-likeness (QED) is 0.415. The van der Waals surface area contributed by atoms with Gasteiger partial charge >= 0.3 is 0 Å². The second-order valence-corrected chi connectivity index (χ2v) is 7.59. The molecule has 2 aromatic carbocycles. The summed E-state index contributed by atoms with van der Waals surface area (Å²) in [5.74, 6) is -2.21. The molecule has 4 rings (SSSR count). The van der Waals surface area contributed by atoms with Crippen LogP contribution in [0.4, 0.5) is 0 Å². The van der Waals surface area contributed by atoms with Crippen LogP contribution in [0, 0.1) is 0 Å². The van der Waals surface area contributed by atoms with Gasteiger partial charge in [0.25, 0.3) is 0 Å². The van der Waals surface area contributed by atoms with Crippen LogP contribution in [0.5, 0.6) is 34.5 Å². The summed E-state index contributed by atoms with van der Waals surface area (Å²) < 4.78 is 6.00. The predicted molar refractivity (Wildman–Crippen MR) is 104 cm³/mol. The molecule has 6 N–H and O–H groups in total. The number of carbonyl (C=O) groups excluding carboxylic acids is 1. The minimum atomic E-state index is -1.14. The summed E-state index contributed by atoms with van der Waals surface area (Å²) in [5.41, 5.74) is 0.846. The molecule has 2 aliphatic heterocycles. The van der Waals surface area contributed by atoms with Gasteiger partial charge in [0, 0.05) is 36.6 Å². The fraction of sp³-hybridized carbons (Fsp3) is 0.381. The average Bonchev–Trinajstić information content (AvgIpc) is 3.06. The highest BCUT2D eigenvalue weighted by Gasteiger charge is 2.40. The maximum atomic E-state index is 12.2. The molecule has 2 heterocycles. The Bertz CT molecular complexity index is 998. The first-order chi connectivity index (χ1) is 14.2. The zero-order valence-electron chi connectivity index (χ0n) is 16.2. The Hall–Kier alpha value is -3.33. The Balaban J connectivity index is 1.82. The van der Waals surface area contributed by atoms with E-state index in [4.69, 9.17) is 4.74 Å². The summed E-state index contributed by atoms with van der Waals surface area (Å²) in [6.07, 6.45) is -1.43. The molecule has 0 aromatic heterocycles. The van der Waals surface area contributed by atoms with E-state index in [-0.39, 0.29) is 35.1 Å². The molecule has 1 fully saturated rings. The Labute approximate surface area is 172 Å². The molecule has 0 radical (unpaired) electrons. The highest BCUT2D eigenvalue weighted by atomic mass is 16.5. The van der Waals surface area contributed by atoms with Gasteiger partial charge in [-0.15, -0.1) is 0 Å². The van der Waals surface area contributed by atoms with Crippen LogP contribution in [-0.2, 0) is 11.2 Å². The molecule has 0 unspecified atom stereocenters. The molecular formula is C21H23NO8. The molecule has 2 aromatic rings. The highest BCUT2D eigenvalue weighted by Crippen LogP contribution is 2.51. The van der Waals surface area contributed by atoms with E-state index in [1.807, 2.05) is 6.92 Å². The molecule has 0 saturated carbocycles. The lowest BCUT2D eigenvalue weighted by atomic mass is 9.89. The maximum Gasteiger partial charge on any atom is 0.223 e. The van der Waals surface area contributed by atoms with Gasteiger partial charge in [-0.2, -0.15) is 0 Å². The van der Waals surface area contributed by atoms with Crippen LogP contribution < -0.4 is 4.74 Å². The third-order valence-electron chi connectivity index (χ3n) is 5.81. The summed E-state index contributed by atoms with van der Waals surface area (Å²) in [5, 5.41) is 60.8. The number of phenolic OH excluding ortho intramolecular Hbond substituents is 5. The maximum absolute atomic E-state index is 12.2. The van der Waals surface area contributed by atoms with Crippen molar-refractivity contribution in [3.05, 3.63) is 34.9 Å². The van der Waals surface area contributed by atoms with Crippen molar-refractivity contribution in [2.45, 2.75) is 44.4 Å². The lowest BCUT2D eigenvalue weighted by molar-refractivity contribution is -0.128. The number of carbonyl (C=O) groups is 1. The molecule has 9 heteroatoms. The summed E-state index contributed by atoms with van der Waals surface area (Å²) in [7, 11) is 0. The molecule has 1 saturated heterocycles. The standard InChI is InChI=1S/C21H23NO8/c1-2-22-11(3-4-17(22)28)18-13(24)8-12(23)10-7-16(27)20(30-21(10)18)9-5-14(25)19(29)15(26)6-9/h5-6,8,11,16,20,23-27,29H,2-4,7H2,1H3/t11-,16-,20+/m0/s1. The third kappa shape index (κ3) is 3.02. The van der Waals surface area contributed by atoms with Crippen molar-refractivity contribution >= 4 is 5.91 Å². The van der Waals surface area contributed by atoms with E-state index in [0.29, 0.717) is 30.5 Å². The second kappa shape index (κ2) is 7.17. The predicted octanol–water partition coefficient (Wildman–Crippen LogP) is 1.94. The zero-order valence-corrected chi connectivity index (χ0v) is 16.2. The van der Waals surface area contributed by atoms with E-state index in [1.54, 1.807) is 4.90 Å². The first kappa shape index (κ1) is 20.0. The molecule has 30 heavy (non-hydrogen) atoms. The van der Waals surface area contributed by atoms with Gasteiger partial charge in [-0.3, -0.25) is 4.79 Å². The number of aliphatic hydroxyl groups excluding tert-OH is 1. The van der Waals surface area contributed by atoms with Crippen molar-refractivity contribution in [2.24, 2.45) is 0 Å². The topological polar surface area (TPSA) is 151 Å². The molecule has 0 aliphatic carbocycles. The Kier molecular flexibility index (Phi) is 4.77. The van der Waals surface area contributed by atoms with Crippen LogP contribution >= 0.6 is 0 Å². The lowest BCUT2D eigenvalue weighted by Gasteiger charge is -2.35. The minimum absolute atomic E-state index is 0.0195. The van der Waals surface area contributed by atoms with E-state index in [1.165, 1.54) is 6.07 Å². The summed E-state index contributed by atoms with van der Waals surface area (Å²) in [4.78, 5) is 13.8. The highest BCUT2D eigenvalue weighted by molar-refractivity contribution is 5.80. The van der Waals surface area contributed by atoms with Crippen molar-refractivity contribution < 1.29 is 40.2 Å². The number of fused-ring (bicyclic) bond motifs is 1. The largest absolute Gasteiger partial charge is 0.507 e. The van der Waals surface area contributed by atoms with E-state index in [9.17, 15) is 35.4 Å². The molecule has 9 nitrogen and oxygen atoms in total. The van der Waals surface area contributed by atoms with Gasteiger partial charge in [-0.1, -0.05) is 0 Å².